The molecular weight excluding hydrogens is 771 g/mol. The highest BCUT2D eigenvalue weighted by Gasteiger charge is 2.36. The summed E-state index contributed by atoms with van der Waals surface area (Å²) in [6.07, 6.45) is 6.71. The summed E-state index contributed by atoms with van der Waals surface area (Å²) in [6, 6.07) is 58.7. The monoisotopic (exact) mass is 840 g/mol. The van der Waals surface area contributed by atoms with E-state index in [1.54, 1.807) is 0 Å². The lowest BCUT2D eigenvalue weighted by Crippen LogP contribution is -2.17. The van der Waals surface area contributed by atoms with Crippen molar-refractivity contribution in [3.8, 4) is 44.5 Å². The summed E-state index contributed by atoms with van der Waals surface area (Å²) in [5.41, 5.74) is 21.9. The highest BCUT2D eigenvalue weighted by molar-refractivity contribution is 5.88. The Bertz CT molecular complexity index is 2770. The summed E-state index contributed by atoms with van der Waals surface area (Å²) in [5, 5.41) is 0. The lowest BCUT2D eigenvalue weighted by molar-refractivity contribution is 0.443. The van der Waals surface area contributed by atoms with Crippen LogP contribution in [-0.2, 0) is 21.7 Å². The number of fused-ring (bicyclic) bond motifs is 3. The van der Waals surface area contributed by atoms with Gasteiger partial charge in [-0.15, -0.1) is 0 Å². The van der Waals surface area contributed by atoms with Gasteiger partial charge in [-0.25, -0.2) is 0 Å². The van der Waals surface area contributed by atoms with Crippen molar-refractivity contribution in [1.29, 1.82) is 0 Å². The largest absolute Gasteiger partial charge is 0.310 e. The van der Waals surface area contributed by atoms with Crippen LogP contribution in [0.15, 0.2) is 152 Å². The molecule has 2 aliphatic carbocycles. The van der Waals surface area contributed by atoms with E-state index >= 15 is 0 Å². The van der Waals surface area contributed by atoms with Crippen molar-refractivity contribution < 1.29 is 0 Å². The number of anilines is 3. The molecule has 0 unspecified atom stereocenters. The summed E-state index contributed by atoms with van der Waals surface area (Å²) in [7, 11) is 0. The third kappa shape index (κ3) is 8.52. The summed E-state index contributed by atoms with van der Waals surface area (Å²) >= 11 is 0. The van der Waals surface area contributed by atoms with Crippen molar-refractivity contribution >= 4 is 17.1 Å². The maximum absolute atomic E-state index is 2.51. The van der Waals surface area contributed by atoms with Crippen molar-refractivity contribution in [3.05, 3.63) is 185 Å². The fourth-order valence-corrected chi connectivity index (χ4v) is 10.3. The number of benzene rings is 7. The molecule has 64 heavy (non-hydrogen) atoms. The van der Waals surface area contributed by atoms with Gasteiger partial charge in [0.2, 0.25) is 0 Å². The molecule has 1 heteroatoms. The van der Waals surface area contributed by atoms with Gasteiger partial charge in [-0.3, -0.25) is 0 Å². The second kappa shape index (κ2) is 16.4. The summed E-state index contributed by atoms with van der Waals surface area (Å²) in [5.74, 6) is 0.696. The Hall–Kier alpha value is -5.66. The van der Waals surface area contributed by atoms with Crippen LogP contribution in [-0.4, -0.2) is 0 Å². The SMILES string of the molecule is CC(C)(C)c1cc(-c2ccc(-c3cc(C(C)(C)C)cc(C(C)(C)C)c3)cc2)cc(N(c2cccc(-c3ccc(C4CCCCC4)cc3)c2)c2ccc3c(c2)C(C)(C)c2ccccc2-3)c1. The number of rotatable bonds is 7. The predicted molar refractivity (Wildman–Crippen MR) is 277 cm³/mol. The van der Waals surface area contributed by atoms with E-state index in [1.165, 1.54) is 116 Å². The van der Waals surface area contributed by atoms with Gasteiger partial charge in [0.15, 0.2) is 0 Å². The minimum Gasteiger partial charge on any atom is -0.310 e. The molecule has 0 atom stereocenters. The molecule has 7 aromatic rings. The molecule has 0 saturated heterocycles. The highest BCUT2D eigenvalue weighted by atomic mass is 15.1. The summed E-state index contributed by atoms with van der Waals surface area (Å²) in [6.45, 7) is 25.7. The van der Waals surface area contributed by atoms with Gasteiger partial charge in [-0.05, 0) is 149 Å². The van der Waals surface area contributed by atoms with E-state index in [4.69, 9.17) is 0 Å². The second-order valence-electron chi connectivity index (χ2n) is 22.6. The third-order valence-electron chi connectivity index (χ3n) is 14.5. The predicted octanol–water partition coefficient (Wildman–Crippen LogP) is 18.4. The van der Waals surface area contributed by atoms with Crippen LogP contribution in [0.5, 0.6) is 0 Å². The Morgan fingerprint density at radius 2 is 0.891 bits per heavy atom. The molecule has 0 amide bonds. The smallest absolute Gasteiger partial charge is 0.0470 e. The highest BCUT2D eigenvalue weighted by Crippen LogP contribution is 2.51. The Morgan fingerprint density at radius 3 is 1.50 bits per heavy atom. The molecular formula is C63H69N. The minimum atomic E-state index is -0.115. The van der Waals surface area contributed by atoms with Gasteiger partial charge in [0.1, 0.15) is 0 Å². The zero-order valence-corrected chi connectivity index (χ0v) is 40.5. The van der Waals surface area contributed by atoms with Gasteiger partial charge in [0.25, 0.3) is 0 Å². The first-order valence-corrected chi connectivity index (χ1v) is 24.0. The van der Waals surface area contributed by atoms with E-state index < -0.39 is 0 Å². The van der Waals surface area contributed by atoms with Crippen LogP contribution in [0, 0.1) is 0 Å². The fourth-order valence-electron chi connectivity index (χ4n) is 10.3. The van der Waals surface area contributed by atoms with Crippen molar-refractivity contribution in [2.75, 3.05) is 4.90 Å². The van der Waals surface area contributed by atoms with Crippen LogP contribution in [0.2, 0.25) is 0 Å². The topological polar surface area (TPSA) is 3.24 Å². The van der Waals surface area contributed by atoms with Crippen molar-refractivity contribution in [3.63, 3.8) is 0 Å². The number of hydrogen-bond acceptors (Lipinski definition) is 1. The first kappa shape index (κ1) is 43.6. The molecule has 0 bridgehead atoms. The second-order valence-corrected chi connectivity index (χ2v) is 22.6. The average Bonchev–Trinajstić information content (AvgIpc) is 3.51. The maximum Gasteiger partial charge on any atom is 0.0470 e. The molecule has 0 aromatic heterocycles. The van der Waals surface area contributed by atoms with Crippen molar-refractivity contribution in [1.82, 2.24) is 0 Å². The molecule has 0 radical (unpaired) electrons. The van der Waals surface area contributed by atoms with Gasteiger partial charge in [-0.2, -0.15) is 0 Å². The maximum atomic E-state index is 2.51. The molecule has 1 saturated carbocycles. The zero-order chi connectivity index (χ0) is 45.2. The Balaban J connectivity index is 1.17. The van der Waals surface area contributed by atoms with Crippen LogP contribution in [0.25, 0.3) is 44.5 Å². The average molecular weight is 840 g/mol. The van der Waals surface area contributed by atoms with Gasteiger partial charge in [0.05, 0.1) is 0 Å². The summed E-state index contributed by atoms with van der Waals surface area (Å²) < 4.78 is 0. The van der Waals surface area contributed by atoms with Crippen molar-refractivity contribution in [2.45, 2.75) is 136 Å². The van der Waals surface area contributed by atoms with E-state index in [-0.39, 0.29) is 21.7 Å². The Morgan fingerprint density at radius 1 is 0.391 bits per heavy atom. The molecule has 9 rings (SSSR count). The standard InChI is InChI=1S/C63H69N/c1-60(2,3)50-34-48(35-51(39-50)61(4,5)6)45-28-30-46(31-29-45)49-36-52(62(7,8)9)40-55(38-49)64(54-32-33-57-56-22-15-16-23-58(56)63(10,11)59(57)41-54)53-21-17-20-47(37-53)44-26-24-43(25-27-44)42-18-13-12-14-19-42/h15-17,20-42H,12-14,18-19H2,1-11H3. The van der Waals surface area contributed by atoms with E-state index in [0.29, 0.717) is 5.92 Å². The molecule has 1 nitrogen and oxygen atoms in total. The van der Waals surface area contributed by atoms with E-state index in [1.807, 2.05) is 0 Å². The van der Waals surface area contributed by atoms with Gasteiger partial charge >= 0.3 is 0 Å². The molecule has 1 fully saturated rings. The molecule has 7 aromatic carbocycles. The van der Waals surface area contributed by atoms with E-state index in [0.717, 1.165) is 11.4 Å². The third-order valence-corrected chi connectivity index (χ3v) is 14.5. The Labute approximate surface area is 385 Å². The minimum absolute atomic E-state index is 0.0584. The van der Waals surface area contributed by atoms with Gasteiger partial charge < -0.3 is 4.90 Å². The van der Waals surface area contributed by atoms with Crippen LogP contribution < -0.4 is 4.90 Å². The molecule has 0 heterocycles. The van der Waals surface area contributed by atoms with Gasteiger partial charge in [-0.1, -0.05) is 211 Å². The fraction of sp³-hybridized carbons (Fsp3) is 0.333. The van der Waals surface area contributed by atoms with E-state index in [9.17, 15) is 0 Å². The summed E-state index contributed by atoms with van der Waals surface area (Å²) in [4.78, 5) is 2.51. The van der Waals surface area contributed by atoms with Gasteiger partial charge in [0, 0.05) is 22.5 Å². The van der Waals surface area contributed by atoms with Crippen LogP contribution in [0.3, 0.4) is 0 Å². The lowest BCUT2D eigenvalue weighted by atomic mass is 9.79. The first-order chi connectivity index (χ1) is 30.3. The van der Waals surface area contributed by atoms with Crippen LogP contribution in [0.1, 0.15) is 148 Å². The normalized spacial score (nSPS) is 15.2. The molecule has 2 aliphatic rings. The molecule has 326 valence electrons. The Kier molecular flexibility index (Phi) is 11.2. The van der Waals surface area contributed by atoms with Crippen LogP contribution >= 0.6 is 0 Å². The number of hydrogen-bond donors (Lipinski definition) is 0. The van der Waals surface area contributed by atoms with Crippen LogP contribution in [0.4, 0.5) is 17.1 Å². The quantitative estimate of drug-likeness (QED) is 0.155. The molecule has 0 N–H and O–H groups in total. The molecule has 0 aliphatic heterocycles. The number of nitrogens with zero attached hydrogens (tertiary/aromatic N) is 1. The molecule has 0 spiro atoms. The first-order valence-electron chi connectivity index (χ1n) is 24.0. The lowest BCUT2D eigenvalue weighted by Gasteiger charge is -2.30. The van der Waals surface area contributed by atoms with Crippen molar-refractivity contribution in [2.24, 2.45) is 0 Å². The van der Waals surface area contributed by atoms with E-state index in [2.05, 4.69) is 233 Å². The zero-order valence-electron chi connectivity index (χ0n) is 40.5.